The van der Waals surface area contributed by atoms with Crippen LogP contribution in [-0.4, -0.2) is 32.7 Å². The van der Waals surface area contributed by atoms with Gasteiger partial charge in [0.1, 0.15) is 0 Å². The second-order valence-electron chi connectivity index (χ2n) is 6.00. The van der Waals surface area contributed by atoms with Crippen LogP contribution in [0.15, 0.2) is 29.2 Å². The number of hydrogen-bond donors (Lipinski definition) is 2. The topological polar surface area (TPSA) is 75.3 Å². The summed E-state index contributed by atoms with van der Waals surface area (Å²) in [5.74, 6) is 0.0205. The summed E-state index contributed by atoms with van der Waals surface area (Å²) in [6.07, 6.45) is 3.82. The Balaban J connectivity index is 0.00000264. The van der Waals surface area contributed by atoms with E-state index in [1.54, 1.807) is 24.3 Å². The van der Waals surface area contributed by atoms with Gasteiger partial charge in [0.05, 0.1) is 16.5 Å². The molecule has 0 bridgehead atoms. The highest BCUT2D eigenvalue weighted by Gasteiger charge is 2.39. The Hall–Kier alpha value is -1.11. The van der Waals surface area contributed by atoms with Crippen LogP contribution < -0.4 is 10.6 Å². The van der Waals surface area contributed by atoms with E-state index < -0.39 is 15.4 Å². The van der Waals surface area contributed by atoms with Gasteiger partial charge in [-0.1, -0.05) is 19.1 Å². The van der Waals surface area contributed by atoms with Gasteiger partial charge in [-0.25, -0.2) is 8.42 Å². The van der Waals surface area contributed by atoms with E-state index in [1.165, 1.54) is 6.26 Å². The Bertz CT molecular complexity index is 638. The number of benzene rings is 1. The van der Waals surface area contributed by atoms with Crippen molar-refractivity contribution in [2.24, 2.45) is 0 Å². The van der Waals surface area contributed by atoms with Crippen molar-refractivity contribution in [3.8, 4) is 0 Å². The summed E-state index contributed by atoms with van der Waals surface area (Å²) in [5.41, 5.74) is 0.436. The van der Waals surface area contributed by atoms with Gasteiger partial charge in [0.15, 0.2) is 9.84 Å². The molecular weight excluding hydrogens is 336 g/mol. The fourth-order valence-corrected chi connectivity index (χ4v) is 3.51. The molecule has 1 heterocycles. The fraction of sp³-hybridized carbons (Fsp3) is 0.562. The first-order valence-corrected chi connectivity index (χ1v) is 9.54. The molecule has 0 spiro atoms. The zero-order valence-corrected chi connectivity index (χ0v) is 15.4. The number of hydrogen-bond acceptors (Lipinski definition) is 4. The van der Waals surface area contributed by atoms with Crippen LogP contribution in [-0.2, 0) is 14.6 Å². The van der Waals surface area contributed by atoms with Crippen LogP contribution in [0.3, 0.4) is 0 Å². The van der Waals surface area contributed by atoms with Gasteiger partial charge < -0.3 is 10.6 Å². The summed E-state index contributed by atoms with van der Waals surface area (Å²) < 4.78 is 22.9. The van der Waals surface area contributed by atoms with Crippen molar-refractivity contribution in [3.63, 3.8) is 0 Å². The van der Waals surface area contributed by atoms with E-state index in [0.29, 0.717) is 0 Å². The van der Waals surface area contributed by atoms with E-state index in [9.17, 15) is 13.2 Å². The van der Waals surface area contributed by atoms with Crippen molar-refractivity contribution in [3.05, 3.63) is 29.8 Å². The van der Waals surface area contributed by atoms with Crippen LogP contribution in [0.2, 0.25) is 0 Å². The minimum Gasteiger partial charge on any atom is -0.348 e. The molecule has 0 aromatic heterocycles. The number of nitrogens with one attached hydrogen (secondary N) is 2. The lowest BCUT2D eigenvalue weighted by Crippen LogP contribution is -2.53. The lowest BCUT2D eigenvalue weighted by Gasteiger charge is -2.28. The van der Waals surface area contributed by atoms with E-state index in [-0.39, 0.29) is 29.3 Å². The Morgan fingerprint density at radius 2 is 1.96 bits per heavy atom. The summed E-state index contributed by atoms with van der Waals surface area (Å²) in [7, 11) is -3.19. The highest BCUT2D eigenvalue weighted by molar-refractivity contribution is 7.90. The van der Waals surface area contributed by atoms with Gasteiger partial charge in [-0.2, -0.15) is 0 Å². The van der Waals surface area contributed by atoms with Gasteiger partial charge >= 0.3 is 0 Å². The first-order valence-electron chi connectivity index (χ1n) is 7.64. The lowest BCUT2D eigenvalue weighted by molar-refractivity contribution is -0.128. The molecule has 1 fully saturated rings. The van der Waals surface area contributed by atoms with Crippen LogP contribution >= 0.6 is 12.4 Å². The lowest BCUT2D eigenvalue weighted by atomic mass is 9.92. The van der Waals surface area contributed by atoms with Gasteiger partial charge in [-0.15, -0.1) is 12.4 Å². The number of halogens is 1. The van der Waals surface area contributed by atoms with E-state index >= 15 is 0 Å². The van der Waals surface area contributed by atoms with E-state index in [1.807, 2.05) is 13.8 Å². The van der Waals surface area contributed by atoms with Crippen LogP contribution in [0.1, 0.15) is 44.7 Å². The largest absolute Gasteiger partial charge is 0.348 e. The van der Waals surface area contributed by atoms with Crippen molar-refractivity contribution in [2.75, 3.05) is 12.8 Å². The predicted octanol–water partition coefficient (Wildman–Crippen LogP) is 2.22. The maximum atomic E-state index is 12.5. The van der Waals surface area contributed by atoms with Crippen LogP contribution in [0, 0.1) is 0 Å². The van der Waals surface area contributed by atoms with Crippen molar-refractivity contribution < 1.29 is 13.2 Å². The highest BCUT2D eigenvalue weighted by Crippen LogP contribution is 2.25. The Kier molecular flexibility index (Phi) is 6.62. The average Bonchev–Trinajstić information content (AvgIpc) is 2.96. The van der Waals surface area contributed by atoms with Gasteiger partial charge in [0.25, 0.3) is 0 Å². The van der Waals surface area contributed by atoms with Crippen molar-refractivity contribution in [1.82, 2.24) is 10.6 Å². The van der Waals surface area contributed by atoms with Gasteiger partial charge in [0.2, 0.25) is 5.91 Å². The molecule has 1 aromatic rings. The number of carbonyl (C=O) groups excluding carboxylic acids is 1. The molecule has 0 aliphatic carbocycles. The SMILES string of the molecule is CCC1(C(=O)NC(C)c2ccc(S(C)(=O)=O)cc2)CCCN1.Cl. The first-order chi connectivity index (χ1) is 10.3. The first kappa shape index (κ1) is 19.9. The number of carbonyl (C=O) groups is 1. The molecule has 130 valence electrons. The molecule has 1 saturated heterocycles. The molecule has 23 heavy (non-hydrogen) atoms. The summed E-state index contributed by atoms with van der Waals surface area (Å²) in [5, 5.41) is 6.35. The van der Waals surface area contributed by atoms with Crippen molar-refractivity contribution in [1.29, 1.82) is 0 Å². The van der Waals surface area contributed by atoms with E-state index in [4.69, 9.17) is 0 Å². The van der Waals surface area contributed by atoms with Gasteiger partial charge in [-0.3, -0.25) is 4.79 Å². The van der Waals surface area contributed by atoms with E-state index in [2.05, 4.69) is 10.6 Å². The molecule has 0 radical (unpaired) electrons. The Morgan fingerprint density at radius 3 is 2.39 bits per heavy atom. The normalized spacial score (nSPS) is 22.2. The average molecular weight is 361 g/mol. The van der Waals surface area contributed by atoms with Crippen LogP contribution in [0.5, 0.6) is 0 Å². The smallest absolute Gasteiger partial charge is 0.240 e. The van der Waals surface area contributed by atoms with Crippen molar-refractivity contribution >= 4 is 28.2 Å². The molecule has 2 unspecified atom stereocenters. The molecular formula is C16H25ClN2O3S. The van der Waals surface area contributed by atoms with Crippen LogP contribution in [0.4, 0.5) is 0 Å². The summed E-state index contributed by atoms with van der Waals surface area (Å²) in [4.78, 5) is 12.8. The second kappa shape index (κ2) is 7.64. The molecule has 1 aliphatic heterocycles. The van der Waals surface area contributed by atoms with Gasteiger partial charge in [-0.05, 0) is 50.4 Å². The Labute approximate surface area is 144 Å². The quantitative estimate of drug-likeness (QED) is 0.844. The minimum atomic E-state index is -3.19. The molecule has 2 rings (SSSR count). The second-order valence-corrected chi connectivity index (χ2v) is 8.02. The molecule has 0 saturated carbocycles. The van der Waals surface area contributed by atoms with Crippen molar-refractivity contribution in [2.45, 2.75) is 49.6 Å². The fourth-order valence-electron chi connectivity index (χ4n) is 2.88. The number of rotatable bonds is 5. The molecule has 7 heteroatoms. The summed E-state index contributed by atoms with van der Waals surface area (Å²) >= 11 is 0. The summed E-state index contributed by atoms with van der Waals surface area (Å²) in [6, 6.07) is 6.50. The third kappa shape index (κ3) is 4.46. The van der Waals surface area contributed by atoms with Crippen LogP contribution in [0.25, 0.3) is 0 Å². The third-order valence-electron chi connectivity index (χ3n) is 4.44. The molecule has 1 aliphatic rings. The molecule has 2 N–H and O–H groups in total. The number of amides is 1. The molecule has 5 nitrogen and oxygen atoms in total. The maximum absolute atomic E-state index is 12.5. The standard InChI is InChI=1S/C16H24N2O3S.ClH/c1-4-16(10-5-11-17-16)15(19)18-12(2)13-6-8-14(9-7-13)22(3,20)21;/h6-9,12,17H,4-5,10-11H2,1-3H3,(H,18,19);1H. The Morgan fingerprint density at radius 1 is 1.35 bits per heavy atom. The number of sulfone groups is 1. The maximum Gasteiger partial charge on any atom is 0.240 e. The van der Waals surface area contributed by atoms with Gasteiger partial charge in [0, 0.05) is 6.26 Å². The highest BCUT2D eigenvalue weighted by atomic mass is 35.5. The molecule has 1 aromatic carbocycles. The zero-order valence-electron chi connectivity index (χ0n) is 13.8. The molecule has 2 atom stereocenters. The minimum absolute atomic E-state index is 0. The summed E-state index contributed by atoms with van der Waals surface area (Å²) in [6.45, 7) is 4.80. The molecule has 1 amide bonds. The third-order valence-corrected chi connectivity index (χ3v) is 5.57. The predicted molar refractivity (Wildman–Crippen MR) is 93.6 cm³/mol. The monoisotopic (exact) mass is 360 g/mol. The zero-order chi connectivity index (χ0) is 16.4. The van der Waals surface area contributed by atoms with E-state index in [0.717, 1.165) is 31.4 Å².